The van der Waals surface area contributed by atoms with Crippen LogP contribution in [0.1, 0.15) is 0 Å². The summed E-state index contributed by atoms with van der Waals surface area (Å²) in [6, 6.07) is 15.9. The molecule has 2 N–H and O–H groups in total. The molecule has 0 spiro atoms. The standard InChI is InChI=1S/2C8H6N2.2Cr.7O/c2*1-2-4-8-7(3-1)9-5-6-10-8;;;;;;;;;/h2*1-6H;;;;;;;;;/q;;;;;;;;;2*-1/p+2. The topological polar surface area (TPSA) is 178 Å². The molecule has 4 aromatic rings. The molecule has 0 radical (unpaired) electrons. The predicted molar refractivity (Wildman–Crippen MR) is 80.4 cm³/mol. The summed E-state index contributed by atoms with van der Waals surface area (Å²) in [7, 11) is 0. The first-order valence-electron chi connectivity index (χ1n) is 7.70. The molecule has 0 atom stereocenters. The van der Waals surface area contributed by atoms with Crippen LogP contribution in [0.5, 0.6) is 0 Å². The molecule has 0 saturated heterocycles. The second-order valence-electron chi connectivity index (χ2n) is 5.10. The van der Waals surface area contributed by atoms with Crippen molar-refractivity contribution < 1.29 is 63.6 Å². The number of nitrogens with one attached hydrogen (secondary N) is 2. The number of H-pyrrole nitrogens is 2. The summed E-state index contributed by atoms with van der Waals surface area (Å²) >= 11 is -12.1. The Morgan fingerprint density at radius 1 is 0.690 bits per heavy atom. The van der Waals surface area contributed by atoms with Crippen LogP contribution in [-0.2, 0) is 45.3 Å². The summed E-state index contributed by atoms with van der Waals surface area (Å²) in [5.74, 6) is 0. The quantitative estimate of drug-likeness (QED) is 0.356. The van der Waals surface area contributed by atoms with Gasteiger partial charge in [-0.05, 0) is 12.1 Å². The molecular weight excluding hydrogens is 464 g/mol. The van der Waals surface area contributed by atoms with E-state index in [1.807, 2.05) is 60.9 Å². The smallest absolute Gasteiger partial charge is 0.229 e. The van der Waals surface area contributed by atoms with Crippen molar-refractivity contribution in [3.63, 3.8) is 0 Å². The Hall–Kier alpha value is -2.74. The van der Waals surface area contributed by atoms with Crippen LogP contribution in [0.2, 0.25) is 0 Å². The normalized spacial score (nSPS) is 11.1. The molecule has 0 bridgehead atoms. The number of fused-ring (bicyclic) bond motifs is 2. The Balaban J connectivity index is 0.000000156. The Bertz CT molecular complexity index is 1070. The molecule has 2 aromatic heterocycles. The fourth-order valence-electron chi connectivity index (χ4n) is 2.01. The van der Waals surface area contributed by atoms with Crippen molar-refractivity contribution in [1.29, 1.82) is 0 Å². The molecule has 0 unspecified atom stereocenters. The van der Waals surface area contributed by atoms with Crippen molar-refractivity contribution in [3.8, 4) is 0 Å². The van der Waals surface area contributed by atoms with Crippen molar-refractivity contribution in [2.24, 2.45) is 0 Å². The third kappa shape index (κ3) is 8.87. The Morgan fingerprint density at radius 3 is 1.38 bits per heavy atom. The van der Waals surface area contributed by atoms with Crippen LogP contribution in [0.15, 0.2) is 73.3 Å². The fraction of sp³-hybridized carbons (Fsp3) is 0. The molecule has 0 fully saturated rings. The third-order valence-electron chi connectivity index (χ3n) is 3.03. The van der Waals surface area contributed by atoms with E-state index in [-0.39, 0.29) is 0 Å². The number of benzene rings is 2. The van der Waals surface area contributed by atoms with Crippen molar-refractivity contribution >= 4 is 22.1 Å². The van der Waals surface area contributed by atoms with E-state index in [0.29, 0.717) is 0 Å². The first-order chi connectivity index (χ1) is 13.6. The zero-order chi connectivity index (χ0) is 21.3. The van der Waals surface area contributed by atoms with Crippen LogP contribution in [0.25, 0.3) is 22.1 Å². The van der Waals surface area contributed by atoms with Gasteiger partial charge in [-0.1, -0.05) is 24.3 Å². The van der Waals surface area contributed by atoms with Crippen LogP contribution in [0, 0.1) is 0 Å². The van der Waals surface area contributed by atoms with Gasteiger partial charge in [0.15, 0.2) is 12.4 Å². The van der Waals surface area contributed by atoms with Gasteiger partial charge in [-0.3, -0.25) is 0 Å². The van der Waals surface area contributed by atoms with Gasteiger partial charge < -0.3 is 0 Å². The maximum atomic E-state index is 9.38. The Morgan fingerprint density at radius 2 is 1.07 bits per heavy atom. The van der Waals surface area contributed by atoms with Gasteiger partial charge in [0.05, 0.1) is 12.4 Å². The Kier molecular flexibility index (Phi) is 7.90. The van der Waals surface area contributed by atoms with Crippen molar-refractivity contribution in [2.45, 2.75) is 0 Å². The molecule has 0 amide bonds. The molecule has 152 valence electrons. The maximum Gasteiger partial charge on any atom is 0.229 e. The van der Waals surface area contributed by atoms with Gasteiger partial charge in [-0.2, -0.15) is 0 Å². The van der Waals surface area contributed by atoms with Gasteiger partial charge in [-0.15, -0.1) is 0 Å². The number of hydrogen-bond donors (Lipinski definition) is 0. The van der Waals surface area contributed by atoms with Gasteiger partial charge in [0.1, 0.15) is 11.0 Å². The monoisotopic (exact) mass is 478 g/mol. The molecule has 0 aliphatic carbocycles. The van der Waals surface area contributed by atoms with Gasteiger partial charge in [0, 0.05) is 12.1 Å². The van der Waals surface area contributed by atoms with Gasteiger partial charge in [0.25, 0.3) is 0 Å². The van der Waals surface area contributed by atoms with E-state index in [1.165, 1.54) is 0 Å². The molecule has 2 heterocycles. The van der Waals surface area contributed by atoms with Crippen LogP contribution in [0.3, 0.4) is 0 Å². The summed E-state index contributed by atoms with van der Waals surface area (Å²) < 4.78 is 58.9. The zero-order valence-electron chi connectivity index (χ0n) is 14.5. The number of nitrogens with zero attached hydrogens (tertiary/aromatic N) is 2. The first-order valence-corrected chi connectivity index (χ1v) is 11.9. The number of rotatable bonds is 2. The van der Waals surface area contributed by atoms with Gasteiger partial charge in [-0.25, -0.2) is 19.9 Å². The summed E-state index contributed by atoms with van der Waals surface area (Å²) in [5.41, 5.74) is 4.16. The summed E-state index contributed by atoms with van der Waals surface area (Å²) in [6.07, 6.45) is 7.15. The van der Waals surface area contributed by atoms with E-state index in [4.69, 9.17) is 0 Å². The van der Waals surface area contributed by atoms with Crippen LogP contribution >= 0.6 is 0 Å². The molecule has 0 saturated carbocycles. The van der Waals surface area contributed by atoms with Crippen LogP contribution in [0.4, 0.5) is 0 Å². The van der Waals surface area contributed by atoms with E-state index < -0.39 is 27.2 Å². The second-order valence-corrected chi connectivity index (χ2v) is 8.74. The minimum Gasteiger partial charge on any atom is -0.244 e. The maximum absolute atomic E-state index is 9.38. The minimum atomic E-state index is -6.07. The molecule has 29 heavy (non-hydrogen) atoms. The number of aromatic amines is 2. The zero-order valence-corrected chi connectivity index (χ0v) is 17.0. The summed E-state index contributed by atoms with van der Waals surface area (Å²) in [5, 5.41) is 0. The van der Waals surface area contributed by atoms with E-state index in [9.17, 15) is 23.5 Å². The SMILES string of the molecule is [O]=[Cr](=[O])([O-])[O][Cr](=[O])(=[O])[O-].c1ccc2[nH+]ccnc2c1.c1ccc2[nH+]ccnc2c1. The molecule has 2 aromatic carbocycles. The van der Waals surface area contributed by atoms with Gasteiger partial charge in [0.2, 0.25) is 11.0 Å². The average molecular weight is 478 g/mol. The number of hydrogen-bond acceptors (Lipinski definition) is 9. The minimum absolute atomic E-state index is 1.00. The number of aromatic nitrogens is 4. The Labute approximate surface area is 168 Å². The summed E-state index contributed by atoms with van der Waals surface area (Å²) in [4.78, 5) is 14.5. The summed E-state index contributed by atoms with van der Waals surface area (Å²) in [6.45, 7) is 0. The van der Waals surface area contributed by atoms with Crippen LogP contribution in [-0.4, -0.2) is 9.97 Å². The van der Waals surface area contributed by atoms with E-state index in [2.05, 4.69) is 22.8 Å². The van der Waals surface area contributed by atoms with E-state index >= 15 is 0 Å². The average Bonchev–Trinajstić information content (AvgIpc) is 2.66. The molecular formula is C16H14Cr2N4O7. The van der Waals surface area contributed by atoms with Gasteiger partial charge >= 0.3 is 53.6 Å². The van der Waals surface area contributed by atoms with Crippen molar-refractivity contribution in [3.05, 3.63) is 73.3 Å². The third-order valence-corrected chi connectivity index (χ3v) is 5.70. The predicted octanol–water partition coefficient (Wildman–Crippen LogP) is -0.829. The van der Waals surface area contributed by atoms with Crippen LogP contribution < -0.4 is 18.3 Å². The molecule has 11 nitrogen and oxygen atoms in total. The molecule has 13 heteroatoms. The van der Waals surface area contributed by atoms with E-state index in [0.717, 1.165) is 22.1 Å². The molecule has 4 rings (SSSR count). The largest absolute Gasteiger partial charge is 0.244 e. The fourth-order valence-corrected chi connectivity index (χ4v) is 3.64. The number of para-hydroxylation sites is 4. The van der Waals surface area contributed by atoms with Crippen molar-refractivity contribution in [1.82, 2.24) is 9.97 Å². The van der Waals surface area contributed by atoms with E-state index in [1.54, 1.807) is 12.4 Å². The van der Waals surface area contributed by atoms with Crippen molar-refractivity contribution in [2.75, 3.05) is 0 Å². The first kappa shape index (κ1) is 22.6. The second kappa shape index (κ2) is 10.2. The molecule has 0 aliphatic heterocycles. The molecule has 0 aliphatic rings.